The predicted molar refractivity (Wildman–Crippen MR) is 81.6 cm³/mol. The minimum absolute atomic E-state index is 0.0241. The first-order valence-corrected chi connectivity index (χ1v) is 6.97. The lowest BCUT2D eigenvalue weighted by atomic mass is 10.1. The van der Waals surface area contributed by atoms with Crippen molar-refractivity contribution in [3.05, 3.63) is 24.3 Å². The summed E-state index contributed by atoms with van der Waals surface area (Å²) in [5, 5.41) is 7.89. The summed E-state index contributed by atoms with van der Waals surface area (Å²) in [5.41, 5.74) is 0.653. The molecule has 0 spiro atoms. The Kier molecular flexibility index (Phi) is 12.9. The molecule has 0 aromatic carbocycles. The molecule has 1 unspecified atom stereocenters. The number of aliphatic carboxylic acids is 1. The summed E-state index contributed by atoms with van der Waals surface area (Å²) < 4.78 is 5.15. The monoisotopic (exact) mass is 284 g/mol. The van der Waals surface area contributed by atoms with Gasteiger partial charge in [-0.2, -0.15) is 0 Å². The highest BCUT2D eigenvalue weighted by atomic mass is 16.5. The second-order valence-corrected chi connectivity index (χ2v) is 4.93. The van der Waals surface area contributed by atoms with E-state index >= 15 is 0 Å². The van der Waals surface area contributed by atoms with Gasteiger partial charge in [-0.3, -0.25) is 0 Å². The van der Waals surface area contributed by atoms with Gasteiger partial charge in [0.1, 0.15) is 0 Å². The Morgan fingerprint density at radius 3 is 1.95 bits per heavy atom. The van der Waals surface area contributed by atoms with Gasteiger partial charge in [0.2, 0.25) is 0 Å². The van der Waals surface area contributed by atoms with Gasteiger partial charge in [0.25, 0.3) is 0 Å². The molecule has 0 saturated heterocycles. The van der Waals surface area contributed by atoms with Crippen LogP contribution in [0.1, 0.15) is 59.8 Å². The third-order valence-electron chi connectivity index (χ3n) is 2.49. The van der Waals surface area contributed by atoms with Gasteiger partial charge in [-0.25, -0.2) is 9.59 Å². The highest BCUT2D eigenvalue weighted by Gasteiger charge is 2.08. The summed E-state index contributed by atoms with van der Waals surface area (Å²) in [4.78, 5) is 20.7. The van der Waals surface area contributed by atoms with Crippen molar-refractivity contribution < 1.29 is 19.4 Å². The summed E-state index contributed by atoms with van der Waals surface area (Å²) in [6, 6.07) is 0. The number of ether oxygens (including phenoxy) is 1. The first-order valence-electron chi connectivity index (χ1n) is 6.97. The van der Waals surface area contributed by atoms with Crippen LogP contribution in [-0.4, -0.2) is 23.1 Å². The molecule has 0 aliphatic carbocycles. The van der Waals surface area contributed by atoms with Gasteiger partial charge in [0.05, 0.1) is 6.10 Å². The fourth-order valence-corrected chi connectivity index (χ4v) is 1.20. The Balaban J connectivity index is 0. The fourth-order valence-electron chi connectivity index (χ4n) is 1.20. The molecule has 116 valence electrons. The lowest BCUT2D eigenvalue weighted by Gasteiger charge is -2.12. The molecule has 4 heteroatoms. The minimum atomic E-state index is -0.935. The summed E-state index contributed by atoms with van der Waals surface area (Å²) in [5.74, 6) is -1.21. The summed E-state index contributed by atoms with van der Waals surface area (Å²) in [6.07, 6.45) is 5.85. The van der Waals surface area contributed by atoms with Gasteiger partial charge >= 0.3 is 11.9 Å². The van der Waals surface area contributed by atoms with Crippen molar-refractivity contribution in [2.45, 2.75) is 65.9 Å². The molecule has 1 atom stereocenters. The average molecular weight is 284 g/mol. The van der Waals surface area contributed by atoms with Crippen LogP contribution in [0.2, 0.25) is 0 Å². The zero-order chi connectivity index (χ0) is 16.1. The first kappa shape index (κ1) is 20.7. The largest absolute Gasteiger partial charge is 0.478 e. The van der Waals surface area contributed by atoms with Crippen LogP contribution in [0.15, 0.2) is 24.3 Å². The number of carboxylic acid groups (broad SMARTS) is 1. The Morgan fingerprint density at radius 1 is 1.10 bits per heavy atom. The Labute approximate surface area is 122 Å². The van der Waals surface area contributed by atoms with Crippen molar-refractivity contribution in [3.8, 4) is 0 Å². The van der Waals surface area contributed by atoms with Crippen molar-refractivity contribution in [1.29, 1.82) is 0 Å². The molecular formula is C16H28O4. The van der Waals surface area contributed by atoms with E-state index in [4.69, 9.17) is 9.84 Å². The molecule has 0 aromatic heterocycles. The van der Waals surface area contributed by atoms with Crippen LogP contribution in [0, 0.1) is 0 Å². The standard InChI is InChI=1S/C12H22O2.C4H6O2/c1-5-6-7-8-9-11(4)14-12(13)10(2)3;1-3(2)4(5)6/h11H,2,5-9H2,1,3-4H3;1H2,2H3,(H,5,6). The van der Waals surface area contributed by atoms with Crippen molar-refractivity contribution in [2.24, 2.45) is 0 Å². The van der Waals surface area contributed by atoms with Crippen molar-refractivity contribution >= 4 is 11.9 Å². The van der Waals surface area contributed by atoms with E-state index in [-0.39, 0.29) is 17.6 Å². The van der Waals surface area contributed by atoms with Gasteiger partial charge in [0.15, 0.2) is 0 Å². The van der Waals surface area contributed by atoms with Crippen LogP contribution in [-0.2, 0) is 14.3 Å². The van der Waals surface area contributed by atoms with E-state index in [2.05, 4.69) is 20.1 Å². The maximum atomic E-state index is 11.1. The quantitative estimate of drug-likeness (QED) is 0.414. The topological polar surface area (TPSA) is 63.6 Å². The van der Waals surface area contributed by atoms with E-state index < -0.39 is 5.97 Å². The number of rotatable bonds is 8. The van der Waals surface area contributed by atoms with Crippen molar-refractivity contribution in [3.63, 3.8) is 0 Å². The van der Waals surface area contributed by atoms with E-state index in [0.29, 0.717) is 5.57 Å². The number of carbonyl (C=O) groups is 2. The number of unbranched alkanes of at least 4 members (excludes halogenated alkanes) is 3. The van der Waals surface area contributed by atoms with Crippen LogP contribution < -0.4 is 0 Å². The molecule has 0 aliphatic rings. The SMILES string of the molecule is C=C(C)C(=O)O.C=C(C)C(=O)OC(C)CCCCCC. The molecule has 0 rings (SSSR count). The average Bonchev–Trinajstić information content (AvgIpc) is 2.35. The highest BCUT2D eigenvalue weighted by Crippen LogP contribution is 2.09. The molecule has 0 bridgehead atoms. The number of carbonyl (C=O) groups excluding carboxylic acids is 1. The maximum absolute atomic E-state index is 11.1. The van der Waals surface area contributed by atoms with Gasteiger partial charge in [-0.15, -0.1) is 0 Å². The molecule has 4 nitrogen and oxygen atoms in total. The summed E-state index contributed by atoms with van der Waals surface area (Å²) in [6.45, 7) is 13.9. The minimum Gasteiger partial charge on any atom is -0.478 e. The molecule has 0 radical (unpaired) electrons. The highest BCUT2D eigenvalue weighted by molar-refractivity contribution is 5.87. The lowest BCUT2D eigenvalue weighted by Crippen LogP contribution is -2.15. The van der Waals surface area contributed by atoms with Crippen LogP contribution >= 0.6 is 0 Å². The van der Waals surface area contributed by atoms with Gasteiger partial charge in [0, 0.05) is 11.1 Å². The lowest BCUT2D eigenvalue weighted by molar-refractivity contribution is -0.143. The number of hydrogen-bond donors (Lipinski definition) is 1. The molecule has 0 fully saturated rings. The van der Waals surface area contributed by atoms with Gasteiger partial charge in [-0.1, -0.05) is 39.3 Å². The Morgan fingerprint density at radius 2 is 1.60 bits per heavy atom. The number of hydrogen-bond acceptors (Lipinski definition) is 3. The van der Waals surface area contributed by atoms with Gasteiger partial charge in [-0.05, 0) is 33.6 Å². The smallest absolute Gasteiger partial charge is 0.333 e. The molecule has 1 N–H and O–H groups in total. The molecule has 0 aliphatic heterocycles. The van der Waals surface area contributed by atoms with Crippen LogP contribution in [0.4, 0.5) is 0 Å². The van der Waals surface area contributed by atoms with Crippen molar-refractivity contribution in [1.82, 2.24) is 0 Å². The second-order valence-electron chi connectivity index (χ2n) is 4.93. The Hall–Kier alpha value is -1.58. The fraction of sp³-hybridized carbons (Fsp3) is 0.625. The first-order chi connectivity index (χ1) is 9.22. The second kappa shape index (κ2) is 12.5. The molecule has 20 heavy (non-hydrogen) atoms. The Bertz CT molecular complexity index is 319. The predicted octanol–water partition coefficient (Wildman–Crippen LogP) is 4.11. The van der Waals surface area contributed by atoms with E-state index in [9.17, 15) is 9.59 Å². The van der Waals surface area contributed by atoms with Crippen molar-refractivity contribution in [2.75, 3.05) is 0 Å². The normalized spacial score (nSPS) is 10.8. The molecule has 0 saturated carbocycles. The van der Waals surface area contributed by atoms with Crippen LogP contribution in [0.25, 0.3) is 0 Å². The number of esters is 1. The van der Waals surface area contributed by atoms with E-state index in [1.165, 1.54) is 26.2 Å². The van der Waals surface area contributed by atoms with Crippen LogP contribution in [0.5, 0.6) is 0 Å². The number of carboxylic acids is 1. The van der Waals surface area contributed by atoms with Gasteiger partial charge < -0.3 is 9.84 Å². The summed E-state index contributed by atoms with van der Waals surface area (Å²) in [7, 11) is 0. The zero-order valence-corrected chi connectivity index (χ0v) is 13.2. The van der Waals surface area contributed by atoms with E-state index in [0.717, 1.165) is 12.8 Å². The van der Waals surface area contributed by atoms with E-state index in [1.807, 2.05) is 6.92 Å². The third-order valence-corrected chi connectivity index (χ3v) is 2.49. The zero-order valence-electron chi connectivity index (χ0n) is 13.2. The molecule has 0 aromatic rings. The third kappa shape index (κ3) is 14.5. The van der Waals surface area contributed by atoms with E-state index in [1.54, 1.807) is 6.92 Å². The molecule has 0 heterocycles. The van der Waals surface area contributed by atoms with Crippen LogP contribution in [0.3, 0.4) is 0 Å². The molecular weight excluding hydrogens is 256 g/mol. The molecule has 0 amide bonds. The summed E-state index contributed by atoms with van der Waals surface area (Å²) >= 11 is 0. The maximum Gasteiger partial charge on any atom is 0.333 e.